The van der Waals surface area contributed by atoms with Crippen LogP contribution in [0, 0.1) is 25.2 Å². The van der Waals surface area contributed by atoms with Crippen LogP contribution in [0.15, 0.2) is 48.0 Å². The standard InChI is InChI=1S/C22H21N3O2S/c1-14-5-7-18(15(2)9-14)20-13-28-22(25-20)16(11-23)12-24-19-10-17(26-3)6-8-21(19)27-4/h5-10,12-13,24H,1-4H3/b16-12-. The first kappa shape index (κ1) is 19.5. The fraction of sp³-hybridized carbons (Fsp3) is 0.182. The molecule has 0 bridgehead atoms. The molecule has 28 heavy (non-hydrogen) atoms. The highest BCUT2D eigenvalue weighted by Crippen LogP contribution is 2.31. The summed E-state index contributed by atoms with van der Waals surface area (Å²) in [4.78, 5) is 4.66. The molecule has 0 fully saturated rings. The fourth-order valence-corrected chi connectivity index (χ4v) is 3.63. The van der Waals surface area contributed by atoms with Crippen molar-refractivity contribution in [2.75, 3.05) is 19.5 Å². The Morgan fingerprint density at radius 3 is 2.64 bits per heavy atom. The summed E-state index contributed by atoms with van der Waals surface area (Å²) in [5.74, 6) is 1.35. The lowest BCUT2D eigenvalue weighted by molar-refractivity contribution is 0.405. The number of methoxy groups -OCH3 is 2. The highest BCUT2D eigenvalue weighted by molar-refractivity contribution is 7.11. The minimum atomic E-state index is 0.450. The smallest absolute Gasteiger partial charge is 0.142 e. The van der Waals surface area contributed by atoms with Crippen molar-refractivity contribution >= 4 is 22.6 Å². The van der Waals surface area contributed by atoms with Gasteiger partial charge in [0.2, 0.25) is 0 Å². The average Bonchev–Trinajstić information content (AvgIpc) is 3.18. The van der Waals surface area contributed by atoms with E-state index in [1.54, 1.807) is 20.4 Å². The summed E-state index contributed by atoms with van der Waals surface area (Å²) in [7, 11) is 3.20. The van der Waals surface area contributed by atoms with Crippen LogP contribution in [0.2, 0.25) is 0 Å². The predicted octanol–water partition coefficient (Wildman–Crippen LogP) is 5.42. The number of aromatic nitrogens is 1. The normalized spacial score (nSPS) is 11.0. The molecular formula is C22H21N3O2S. The third kappa shape index (κ3) is 4.16. The zero-order valence-corrected chi connectivity index (χ0v) is 17.1. The monoisotopic (exact) mass is 391 g/mol. The fourth-order valence-electron chi connectivity index (χ4n) is 2.84. The molecule has 0 aliphatic carbocycles. The van der Waals surface area contributed by atoms with Crippen molar-refractivity contribution in [3.63, 3.8) is 0 Å². The number of anilines is 1. The zero-order valence-electron chi connectivity index (χ0n) is 16.2. The molecule has 2 aromatic carbocycles. The van der Waals surface area contributed by atoms with Crippen LogP contribution in [-0.2, 0) is 0 Å². The molecule has 5 nitrogen and oxygen atoms in total. The second kappa shape index (κ2) is 8.59. The van der Waals surface area contributed by atoms with Crippen molar-refractivity contribution in [3.8, 4) is 28.8 Å². The van der Waals surface area contributed by atoms with Gasteiger partial charge in [0.05, 0.1) is 25.6 Å². The van der Waals surface area contributed by atoms with E-state index in [1.165, 1.54) is 22.5 Å². The molecular weight excluding hydrogens is 370 g/mol. The number of hydrogen-bond acceptors (Lipinski definition) is 6. The number of hydrogen-bond donors (Lipinski definition) is 1. The lowest BCUT2D eigenvalue weighted by Gasteiger charge is -2.10. The van der Waals surface area contributed by atoms with Gasteiger partial charge in [-0.05, 0) is 31.5 Å². The Balaban J connectivity index is 1.89. The van der Waals surface area contributed by atoms with Gasteiger partial charge >= 0.3 is 0 Å². The van der Waals surface area contributed by atoms with Gasteiger partial charge in [-0.15, -0.1) is 11.3 Å². The Morgan fingerprint density at radius 2 is 1.96 bits per heavy atom. The Hall–Kier alpha value is -3.30. The van der Waals surface area contributed by atoms with Crippen LogP contribution in [-0.4, -0.2) is 19.2 Å². The molecule has 6 heteroatoms. The van der Waals surface area contributed by atoms with Gasteiger partial charge in [-0.3, -0.25) is 0 Å². The molecule has 1 N–H and O–H groups in total. The van der Waals surface area contributed by atoms with E-state index in [2.05, 4.69) is 48.4 Å². The minimum absolute atomic E-state index is 0.450. The summed E-state index contributed by atoms with van der Waals surface area (Å²) in [5.41, 5.74) is 5.49. The number of nitrogens with zero attached hydrogens (tertiary/aromatic N) is 2. The van der Waals surface area contributed by atoms with E-state index in [1.807, 2.05) is 23.6 Å². The molecule has 0 atom stereocenters. The first-order valence-electron chi connectivity index (χ1n) is 8.68. The maximum Gasteiger partial charge on any atom is 0.142 e. The molecule has 0 saturated heterocycles. The van der Waals surface area contributed by atoms with E-state index in [4.69, 9.17) is 9.47 Å². The van der Waals surface area contributed by atoms with Crippen LogP contribution in [0.5, 0.6) is 11.5 Å². The Kier molecular flexibility index (Phi) is 5.97. The second-order valence-corrected chi connectivity index (χ2v) is 7.09. The van der Waals surface area contributed by atoms with Crippen LogP contribution in [0.3, 0.4) is 0 Å². The van der Waals surface area contributed by atoms with Gasteiger partial charge in [-0.2, -0.15) is 5.26 Å². The minimum Gasteiger partial charge on any atom is -0.497 e. The number of allylic oxidation sites excluding steroid dienone is 1. The van der Waals surface area contributed by atoms with Crippen LogP contribution in [0.25, 0.3) is 16.8 Å². The lowest BCUT2D eigenvalue weighted by atomic mass is 10.0. The van der Waals surface area contributed by atoms with Crippen molar-refractivity contribution in [1.82, 2.24) is 4.98 Å². The highest BCUT2D eigenvalue weighted by atomic mass is 32.1. The first-order chi connectivity index (χ1) is 13.5. The maximum atomic E-state index is 9.61. The van der Waals surface area contributed by atoms with Crippen molar-refractivity contribution < 1.29 is 9.47 Å². The van der Waals surface area contributed by atoms with Crippen LogP contribution < -0.4 is 14.8 Å². The molecule has 0 aliphatic heterocycles. The average molecular weight is 391 g/mol. The van der Waals surface area contributed by atoms with E-state index in [0.29, 0.717) is 27.8 Å². The van der Waals surface area contributed by atoms with E-state index in [9.17, 15) is 5.26 Å². The number of nitriles is 1. The molecule has 142 valence electrons. The maximum absolute atomic E-state index is 9.61. The number of ether oxygens (including phenoxy) is 2. The number of benzene rings is 2. The van der Waals surface area contributed by atoms with Crippen molar-refractivity contribution in [2.24, 2.45) is 0 Å². The summed E-state index contributed by atoms with van der Waals surface area (Å²) in [5, 5.41) is 15.4. The van der Waals surface area contributed by atoms with Gasteiger partial charge < -0.3 is 14.8 Å². The van der Waals surface area contributed by atoms with E-state index in [-0.39, 0.29) is 0 Å². The molecule has 1 aromatic heterocycles. The zero-order chi connectivity index (χ0) is 20.1. The molecule has 0 radical (unpaired) electrons. The van der Waals surface area contributed by atoms with Crippen LogP contribution in [0.1, 0.15) is 16.1 Å². The number of aryl methyl sites for hydroxylation is 2. The summed E-state index contributed by atoms with van der Waals surface area (Å²) in [6.07, 6.45) is 1.64. The summed E-state index contributed by atoms with van der Waals surface area (Å²) in [6.45, 7) is 4.14. The molecule has 0 spiro atoms. The van der Waals surface area contributed by atoms with E-state index >= 15 is 0 Å². The topological polar surface area (TPSA) is 67.2 Å². The highest BCUT2D eigenvalue weighted by Gasteiger charge is 2.11. The molecule has 3 aromatic rings. The molecule has 1 heterocycles. The van der Waals surface area contributed by atoms with Crippen molar-refractivity contribution in [3.05, 3.63) is 64.1 Å². The van der Waals surface area contributed by atoms with Crippen LogP contribution >= 0.6 is 11.3 Å². The summed E-state index contributed by atoms with van der Waals surface area (Å²) < 4.78 is 10.6. The predicted molar refractivity (Wildman–Crippen MR) is 114 cm³/mol. The van der Waals surface area contributed by atoms with Crippen molar-refractivity contribution in [1.29, 1.82) is 5.26 Å². The number of rotatable bonds is 6. The third-order valence-corrected chi connectivity index (χ3v) is 5.17. The molecule has 3 rings (SSSR count). The molecule has 0 saturated carbocycles. The van der Waals surface area contributed by atoms with Crippen molar-refractivity contribution in [2.45, 2.75) is 13.8 Å². The first-order valence-corrected chi connectivity index (χ1v) is 9.56. The number of nitrogens with one attached hydrogen (secondary N) is 1. The van der Waals surface area contributed by atoms with Gasteiger partial charge in [0.1, 0.15) is 28.1 Å². The second-order valence-electron chi connectivity index (χ2n) is 6.24. The SMILES string of the molecule is COc1ccc(OC)c(N/C=C(/C#N)c2nc(-c3ccc(C)cc3C)cs2)c1. The molecule has 0 amide bonds. The summed E-state index contributed by atoms with van der Waals surface area (Å²) in [6, 6.07) is 13.9. The molecule has 0 unspecified atom stereocenters. The Bertz CT molecular complexity index is 1060. The third-order valence-electron chi connectivity index (χ3n) is 4.29. The Morgan fingerprint density at radius 1 is 1.14 bits per heavy atom. The van der Waals surface area contributed by atoms with E-state index in [0.717, 1.165) is 11.3 Å². The van der Waals surface area contributed by atoms with Gasteiger partial charge in [-0.25, -0.2) is 4.98 Å². The summed E-state index contributed by atoms with van der Waals surface area (Å²) >= 11 is 1.44. The van der Waals surface area contributed by atoms with Gasteiger partial charge in [0.15, 0.2) is 0 Å². The Labute approximate surface area is 168 Å². The quantitative estimate of drug-likeness (QED) is 0.568. The van der Waals surface area contributed by atoms with E-state index < -0.39 is 0 Å². The van der Waals surface area contributed by atoms with Gasteiger partial charge in [-0.1, -0.05) is 23.8 Å². The van der Waals surface area contributed by atoms with Gasteiger partial charge in [0.25, 0.3) is 0 Å². The molecule has 0 aliphatic rings. The van der Waals surface area contributed by atoms with Gasteiger partial charge in [0, 0.05) is 23.2 Å². The number of thiazole rings is 1. The van der Waals surface area contributed by atoms with Crippen LogP contribution in [0.4, 0.5) is 5.69 Å². The lowest BCUT2D eigenvalue weighted by Crippen LogP contribution is -1.96. The largest absolute Gasteiger partial charge is 0.497 e.